The lowest BCUT2D eigenvalue weighted by atomic mass is 10.1. The predicted molar refractivity (Wildman–Crippen MR) is 96.3 cm³/mol. The number of aromatic nitrogens is 2. The van der Waals surface area contributed by atoms with Crippen LogP contribution in [0.5, 0.6) is 5.75 Å². The second-order valence-electron chi connectivity index (χ2n) is 5.89. The molecule has 0 saturated heterocycles. The highest BCUT2D eigenvalue weighted by atomic mass is 16.5. The third-order valence-corrected chi connectivity index (χ3v) is 3.80. The van der Waals surface area contributed by atoms with Gasteiger partial charge in [-0.3, -0.25) is 14.6 Å². The smallest absolute Gasteiger partial charge is 0.325 e. The standard InChI is InChI=1S/C18H23N3O4/c1-4-9-25-13-5-7-15(11(2)10-13)20-16(22)8-6-14-12(3)19-18(24)21-17(14)23/h5,7,10H,4,6,8-9H2,1-3H3,(H,20,22)(H2,19,21,23,24). The molecule has 0 aliphatic carbocycles. The van der Waals surface area contributed by atoms with Gasteiger partial charge in [-0.1, -0.05) is 6.92 Å². The van der Waals surface area contributed by atoms with Gasteiger partial charge in [0, 0.05) is 23.4 Å². The van der Waals surface area contributed by atoms with Crippen LogP contribution in [0.4, 0.5) is 5.69 Å². The van der Waals surface area contributed by atoms with E-state index in [1.165, 1.54) is 0 Å². The minimum Gasteiger partial charge on any atom is -0.494 e. The number of hydrogen-bond acceptors (Lipinski definition) is 4. The van der Waals surface area contributed by atoms with Crippen molar-refractivity contribution >= 4 is 11.6 Å². The maximum atomic E-state index is 12.2. The quantitative estimate of drug-likeness (QED) is 0.714. The molecule has 2 aromatic rings. The Morgan fingerprint density at radius 2 is 1.96 bits per heavy atom. The largest absolute Gasteiger partial charge is 0.494 e. The first-order valence-corrected chi connectivity index (χ1v) is 8.26. The van der Waals surface area contributed by atoms with Crippen molar-refractivity contribution < 1.29 is 9.53 Å². The maximum Gasteiger partial charge on any atom is 0.325 e. The van der Waals surface area contributed by atoms with Crippen LogP contribution >= 0.6 is 0 Å². The van der Waals surface area contributed by atoms with Crippen molar-refractivity contribution in [1.82, 2.24) is 9.97 Å². The van der Waals surface area contributed by atoms with Crippen LogP contribution in [0.1, 0.15) is 36.6 Å². The summed E-state index contributed by atoms with van der Waals surface area (Å²) in [4.78, 5) is 39.8. The van der Waals surface area contributed by atoms with E-state index in [4.69, 9.17) is 4.74 Å². The van der Waals surface area contributed by atoms with Crippen molar-refractivity contribution in [2.45, 2.75) is 40.0 Å². The highest BCUT2D eigenvalue weighted by Gasteiger charge is 2.10. The van der Waals surface area contributed by atoms with Gasteiger partial charge in [0.05, 0.1) is 6.61 Å². The zero-order valence-electron chi connectivity index (χ0n) is 14.7. The van der Waals surface area contributed by atoms with E-state index >= 15 is 0 Å². The molecule has 2 rings (SSSR count). The third kappa shape index (κ3) is 5.07. The molecule has 25 heavy (non-hydrogen) atoms. The number of nitrogens with one attached hydrogen (secondary N) is 3. The van der Waals surface area contributed by atoms with Gasteiger partial charge in [-0.25, -0.2) is 4.79 Å². The summed E-state index contributed by atoms with van der Waals surface area (Å²) in [5, 5.41) is 2.84. The number of aryl methyl sites for hydroxylation is 2. The van der Waals surface area contributed by atoms with Crippen molar-refractivity contribution in [3.63, 3.8) is 0 Å². The Kier molecular flexibility index (Phi) is 6.16. The molecule has 1 aromatic carbocycles. The molecule has 0 fully saturated rings. The van der Waals surface area contributed by atoms with E-state index in [0.717, 1.165) is 17.7 Å². The van der Waals surface area contributed by atoms with Gasteiger partial charge in [-0.2, -0.15) is 0 Å². The van der Waals surface area contributed by atoms with Crippen molar-refractivity contribution in [1.29, 1.82) is 0 Å². The van der Waals surface area contributed by atoms with Crippen LogP contribution in [0.15, 0.2) is 27.8 Å². The van der Waals surface area contributed by atoms with Gasteiger partial charge in [-0.15, -0.1) is 0 Å². The SMILES string of the molecule is CCCOc1ccc(NC(=O)CCc2c(C)[nH]c(=O)[nH]c2=O)c(C)c1. The van der Waals surface area contributed by atoms with Gasteiger partial charge in [0.15, 0.2) is 0 Å². The van der Waals surface area contributed by atoms with Crippen LogP contribution in [0.2, 0.25) is 0 Å². The van der Waals surface area contributed by atoms with Gasteiger partial charge in [-0.05, 0) is 50.5 Å². The highest BCUT2D eigenvalue weighted by Crippen LogP contribution is 2.21. The summed E-state index contributed by atoms with van der Waals surface area (Å²) in [5.41, 5.74) is 1.50. The Hall–Kier alpha value is -2.83. The molecule has 1 amide bonds. The second-order valence-corrected chi connectivity index (χ2v) is 5.89. The van der Waals surface area contributed by atoms with E-state index in [2.05, 4.69) is 15.3 Å². The van der Waals surface area contributed by atoms with Gasteiger partial charge in [0.25, 0.3) is 5.56 Å². The molecule has 134 valence electrons. The number of carbonyl (C=O) groups is 1. The molecule has 1 heterocycles. The fourth-order valence-corrected chi connectivity index (χ4v) is 2.46. The molecule has 0 atom stereocenters. The molecule has 0 spiro atoms. The molecule has 7 nitrogen and oxygen atoms in total. The monoisotopic (exact) mass is 345 g/mol. The molecule has 0 saturated carbocycles. The normalized spacial score (nSPS) is 10.5. The Bertz CT molecular complexity index is 867. The molecule has 0 unspecified atom stereocenters. The number of hydrogen-bond donors (Lipinski definition) is 3. The molecule has 0 aliphatic heterocycles. The first-order valence-electron chi connectivity index (χ1n) is 8.26. The highest BCUT2D eigenvalue weighted by molar-refractivity contribution is 5.91. The number of rotatable bonds is 7. The Morgan fingerprint density at radius 3 is 2.60 bits per heavy atom. The molecule has 0 bridgehead atoms. The summed E-state index contributed by atoms with van der Waals surface area (Å²) in [6.07, 6.45) is 1.32. The number of ether oxygens (including phenoxy) is 1. The number of H-pyrrole nitrogens is 2. The Morgan fingerprint density at radius 1 is 1.20 bits per heavy atom. The number of anilines is 1. The molecule has 7 heteroatoms. The number of benzene rings is 1. The minimum absolute atomic E-state index is 0.142. The van der Waals surface area contributed by atoms with Crippen molar-refractivity contribution in [3.05, 3.63) is 55.9 Å². The predicted octanol–water partition coefficient (Wildman–Crippen LogP) is 2.04. The van der Waals surface area contributed by atoms with Crippen molar-refractivity contribution in [3.8, 4) is 5.75 Å². The van der Waals surface area contributed by atoms with Gasteiger partial charge in [0.1, 0.15) is 5.75 Å². The van der Waals surface area contributed by atoms with Crippen LogP contribution in [0.25, 0.3) is 0 Å². The van der Waals surface area contributed by atoms with Crippen molar-refractivity contribution in [2.24, 2.45) is 0 Å². The fraction of sp³-hybridized carbons (Fsp3) is 0.389. The van der Waals surface area contributed by atoms with Gasteiger partial charge in [0.2, 0.25) is 5.91 Å². The number of aromatic amines is 2. The molecular formula is C18H23N3O4. The first-order chi connectivity index (χ1) is 11.9. The lowest BCUT2D eigenvalue weighted by molar-refractivity contribution is -0.116. The average Bonchev–Trinajstić information content (AvgIpc) is 2.54. The molecular weight excluding hydrogens is 322 g/mol. The van der Waals surface area contributed by atoms with Crippen LogP contribution in [0.3, 0.4) is 0 Å². The molecule has 3 N–H and O–H groups in total. The maximum absolute atomic E-state index is 12.2. The summed E-state index contributed by atoms with van der Waals surface area (Å²) < 4.78 is 5.56. The summed E-state index contributed by atoms with van der Waals surface area (Å²) in [7, 11) is 0. The molecule has 1 aromatic heterocycles. The Labute approximate surface area is 145 Å². The van der Waals surface area contributed by atoms with Crippen LogP contribution in [-0.2, 0) is 11.2 Å². The summed E-state index contributed by atoms with van der Waals surface area (Å²) >= 11 is 0. The summed E-state index contributed by atoms with van der Waals surface area (Å²) in [6.45, 7) is 6.23. The van der Waals surface area contributed by atoms with Gasteiger partial charge < -0.3 is 15.0 Å². The van der Waals surface area contributed by atoms with Crippen LogP contribution < -0.4 is 21.3 Å². The fourth-order valence-electron chi connectivity index (χ4n) is 2.46. The van der Waals surface area contributed by atoms with E-state index in [0.29, 0.717) is 23.6 Å². The average molecular weight is 345 g/mol. The van der Waals surface area contributed by atoms with E-state index in [9.17, 15) is 14.4 Å². The van der Waals surface area contributed by atoms with E-state index in [-0.39, 0.29) is 18.7 Å². The molecule has 0 radical (unpaired) electrons. The van der Waals surface area contributed by atoms with Crippen molar-refractivity contribution in [2.75, 3.05) is 11.9 Å². The third-order valence-electron chi connectivity index (χ3n) is 3.80. The van der Waals surface area contributed by atoms with Crippen LogP contribution in [-0.4, -0.2) is 22.5 Å². The first kappa shape index (κ1) is 18.5. The number of carbonyl (C=O) groups excluding carboxylic acids is 1. The van der Waals surface area contributed by atoms with E-state index < -0.39 is 11.2 Å². The lowest BCUT2D eigenvalue weighted by Gasteiger charge is -2.11. The Balaban J connectivity index is 1.99. The van der Waals surface area contributed by atoms with Crippen LogP contribution in [0, 0.1) is 13.8 Å². The molecule has 0 aliphatic rings. The summed E-state index contributed by atoms with van der Waals surface area (Å²) in [6, 6.07) is 5.49. The zero-order chi connectivity index (χ0) is 18.4. The van der Waals surface area contributed by atoms with E-state index in [1.54, 1.807) is 13.0 Å². The van der Waals surface area contributed by atoms with Gasteiger partial charge >= 0.3 is 5.69 Å². The minimum atomic E-state index is -0.545. The zero-order valence-corrected chi connectivity index (χ0v) is 14.7. The van der Waals surface area contributed by atoms with E-state index in [1.807, 2.05) is 26.0 Å². The lowest BCUT2D eigenvalue weighted by Crippen LogP contribution is -2.27. The number of amides is 1. The topological polar surface area (TPSA) is 104 Å². The second kappa shape index (κ2) is 8.32. The summed E-state index contributed by atoms with van der Waals surface area (Å²) in [5.74, 6) is 0.572.